The van der Waals surface area contributed by atoms with Crippen LogP contribution in [-0.2, 0) is 9.53 Å². The Labute approximate surface area is 154 Å². The molecule has 138 valence electrons. The lowest BCUT2D eigenvalue weighted by molar-refractivity contribution is -0.133. The van der Waals surface area contributed by atoms with E-state index in [0.29, 0.717) is 24.7 Å². The molecule has 0 aromatic carbocycles. The van der Waals surface area contributed by atoms with Gasteiger partial charge < -0.3 is 14.5 Å². The Morgan fingerprint density at radius 3 is 2.68 bits per heavy atom. The second-order valence-electron chi connectivity index (χ2n) is 7.54. The predicted molar refractivity (Wildman–Crippen MR) is 100 cm³/mol. The van der Waals surface area contributed by atoms with E-state index < -0.39 is 0 Å². The molecular formula is C18H28N4O2S. The summed E-state index contributed by atoms with van der Waals surface area (Å²) in [5.74, 6) is 0.266. The lowest BCUT2D eigenvalue weighted by Crippen LogP contribution is -2.53. The van der Waals surface area contributed by atoms with Gasteiger partial charge in [-0.15, -0.1) is 0 Å². The molecule has 0 unspecified atom stereocenters. The van der Waals surface area contributed by atoms with E-state index in [0.717, 1.165) is 63.0 Å². The molecule has 0 N–H and O–H groups in total. The van der Waals surface area contributed by atoms with E-state index in [4.69, 9.17) is 4.74 Å². The molecule has 1 amide bonds. The van der Waals surface area contributed by atoms with Crippen LogP contribution in [-0.4, -0.2) is 83.3 Å². The molecule has 4 aliphatic heterocycles. The lowest BCUT2D eigenvalue weighted by Gasteiger charge is -2.43. The molecule has 2 atom stereocenters. The van der Waals surface area contributed by atoms with Gasteiger partial charge in [-0.3, -0.25) is 14.7 Å². The fraction of sp³-hybridized carbons (Fsp3) is 0.778. The Hall–Kier alpha value is -1.05. The third-order valence-electron chi connectivity index (χ3n) is 5.56. The molecule has 4 heterocycles. The summed E-state index contributed by atoms with van der Waals surface area (Å²) in [7, 11) is 0. The van der Waals surface area contributed by atoms with E-state index in [-0.39, 0.29) is 5.91 Å². The zero-order chi connectivity index (χ0) is 17.4. The summed E-state index contributed by atoms with van der Waals surface area (Å²) in [5, 5.41) is 3.16. The van der Waals surface area contributed by atoms with Crippen molar-refractivity contribution in [2.24, 2.45) is 4.99 Å². The van der Waals surface area contributed by atoms with Crippen LogP contribution in [0, 0.1) is 0 Å². The van der Waals surface area contributed by atoms with Crippen LogP contribution >= 0.6 is 11.8 Å². The number of carbonyl (C=O) groups is 1. The fourth-order valence-corrected chi connectivity index (χ4v) is 5.33. The molecule has 0 saturated carbocycles. The van der Waals surface area contributed by atoms with Crippen molar-refractivity contribution < 1.29 is 9.53 Å². The van der Waals surface area contributed by atoms with Crippen LogP contribution in [0.15, 0.2) is 16.1 Å². The maximum absolute atomic E-state index is 12.7. The Balaban J connectivity index is 1.27. The number of nitrogens with zero attached hydrogens (tertiary/aromatic N) is 4. The molecule has 7 heteroatoms. The van der Waals surface area contributed by atoms with E-state index in [9.17, 15) is 4.79 Å². The molecule has 4 aliphatic rings. The number of piperidine rings is 1. The Morgan fingerprint density at radius 1 is 1.24 bits per heavy atom. The van der Waals surface area contributed by atoms with E-state index in [1.54, 1.807) is 11.8 Å². The largest absolute Gasteiger partial charge is 0.373 e. The van der Waals surface area contributed by atoms with Crippen molar-refractivity contribution >= 4 is 22.8 Å². The van der Waals surface area contributed by atoms with Crippen LogP contribution in [0.4, 0.5) is 0 Å². The molecule has 0 bridgehead atoms. The second kappa shape index (κ2) is 7.29. The minimum Gasteiger partial charge on any atom is -0.373 e. The highest BCUT2D eigenvalue weighted by molar-refractivity contribution is 8.16. The highest BCUT2D eigenvalue weighted by Crippen LogP contribution is 2.31. The van der Waals surface area contributed by atoms with E-state index in [1.165, 1.54) is 0 Å². The van der Waals surface area contributed by atoms with Crippen LogP contribution in [0.3, 0.4) is 0 Å². The molecular weight excluding hydrogens is 336 g/mol. The van der Waals surface area contributed by atoms with Crippen molar-refractivity contribution in [1.82, 2.24) is 14.7 Å². The van der Waals surface area contributed by atoms with Gasteiger partial charge in [-0.05, 0) is 32.1 Å². The lowest BCUT2D eigenvalue weighted by atomic mass is 10.0. The summed E-state index contributed by atoms with van der Waals surface area (Å²) >= 11 is 1.65. The van der Waals surface area contributed by atoms with Gasteiger partial charge in [0.2, 0.25) is 5.91 Å². The molecule has 0 aromatic rings. The zero-order valence-electron chi connectivity index (χ0n) is 15.2. The van der Waals surface area contributed by atoms with Gasteiger partial charge in [-0.2, -0.15) is 0 Å². The van der Waals surface area contributed by atoms with Crippen molar-refractivity contribution in [2.75, 3.05) is 39.3 Å². The average molecular weight is 365 g/mol. The van der Waals surface area contributed by atoms with Gasteiger partial charge in [0.1, 0.15) is 0 Å². The van der Waals surface area contributed by atoms with Crippen LogP contribution < -0.4 is 0 Å². The number of carbonyl (C=O) groups excluding carboxylic acids is 1. The summed E-state index contributed by atoms with van der Waals surface area (Å²) in [4.78, 5) is 24.0. The Kier molecular flexibility index (Phi) is 5.06. The van der Waals surface area contributed by atoms with Gasteiger partial charge >= 0.3 is 0 Å². The van der Waals surface area contributed by atoms with E-state index >= 15 is 0 Å². The summed E-state index contributed by atoms with van der Waals surface area (Å²) in [5.41, 5.74) is 1.13. The SMILES string of the molecule is C[C@@H]1CN(C2CCN(C(=O)CC3=CSC4=NCCN34)CC2)C[C@H](C)O1. The standard InChI is InChI=1S/C18H28N4O2S/c1-13-10-21(11-14(2)24-13)15-3-6-20(7-4-15)17(23)9-16-12-25-18-19-5-8-22(16)18/h12-15H,3-11H2,1-2H3/t13-,14+. The first kappa shape index (κ1) is 17.4. The average Bonchev–Trinajstić information content (AvgIpc) is 3.19. The first-order valence-electron chi connectivity index (χ1n) is 9.45. The summed E-state index contributed by atoms with van der Waals surface area (Å²) < 4.78 is 5.85. The molecule has 25 heavy (non-hydrogen) atoms. The molecule has 4 rings (SSSR count). The number of hydrogen-bond acceptors (Lipinski definition) is 6. The number of thioether (sulfide) groups is 1. The van der Waals surface area contributed by atoms with E-state index in [1.807, 2.05) is 0 Å². The van der Waals surface area contributed by atoms with Crippen LogP contribution in [0.1, 0.15) is 33.1 Å². The van der Waals surface area contributed by atoms with Gasteiger partial charge in [-0.1, -0.05) is 11.8 Å². The number of hydrogen-bond donors (Lipinski definition) is 0. The molecule has 0 aliphatic carbocycles. The van der Waals surface area contributed by atoms with Crippen molar-refractivity contribution in [3.05, 3.63) is 11.1 Å². The maximum atomic E-state index is 12.7. The monoisotopic (exact) mass is 364 g/mol. The summed E-state index contributed by atoms with van der Waals surface area (Å²) in [6.07, 6.45) is 3.30. The van der Waals surface area contributed by atoms with Gasteiger partial charge in [0.25, 0.3) is 0 Å². The summed E-state index contributed by atoms with van der Waals surface area (Å²) in [6.45, 7) is 9.89. The van der Waals surface area contributed by atoms with Crippen molar-refractivity contribution in [1.29, 1.82) is 0 Å². The van der Waals surface area contributed by atoms with Crippen LogP contribution in [0.25, 0.3) is 0 Å². The number of rotatable bonds is 3. The number of amides is 1. The molecule has 0 aromatic heterocycles. The predicted octanol–water partition coefficient (Wildman–Crippen LogP) is 1.74. The molecule has 2 fully saturated rings. The third-order valence-corrected chi connectivity index (χ3v) is 6.51. The van der Waals surface area contributed by atoms with Gasteiger partial charge in [0, 0.05) is 44.5 Å². The number of fused-ring (bicyclic) bond motifs is 1. The van der Waals surface area contributed by atoms with E-state index in [2.05, 4.69) is 38.9 Å². The van der Waals surface area contributed by atoms with Gasteiger partial charge in [-0.25, -0.2) is 0 Å². The van der Waals surface area contributed by atoms with Crippen LogP contribution in [0.2, 0.25) is 0 Å². The van der Waals surface area contributed by atoms with Gasteiger partial charge in [0.05, 0.1) is 25.2 Å². The minimum absolute atomic E-state index is 0.266. The smallest absolute Gasteiger partial charge is 0.228 e. The highest BCUT2D eigenvalue weighted by Gasteiger charge is 2.33. The molecule has 6 nitrogen and oxygen atoms in total. The summed E-state index contributed by atoms with van der Waals surface area (Å²) in [6, 6.07) is 0.594. The minimum atomic E-state index is 0.266. The maximum Gasteiger partial charge on any atom is 0.228 e. The number of amidine groups is 1. The third kappa shape index (κ3) is 3.73. The second-order valence-corrected chi connectivity index (χ2v) is 8.38. The number of likely N-dealkylation sites (tertiary alicyclic amines) is 1. The molecule has 0 radical (unpaired) electrons. The number of morpholine rings is 1. The number of ether oxygens (including phenoxy) is 1. The normalized spacial score (nSPS) is 31.1. The van der Waals surface area contributed by atoms with Gasteiger partial charge in [0.15, 0.2) is 5.17 Å². The fourth-order valence-electron chi connectivity index (χ4n) is 4.38. The molecule has 0 spiro atoms. The van der Waals surface area contributed by atoms with Crippen molar-refractivity contribution in [2.45, 2.75) is 51.4 Å². The first-order chi connectivity index (χ1) is 12.1. The topological polar surface area (TPSA) is 48.4 Å². The highest BCUT2D eigenvalue weighted by atomic mass is 32.2. The quantitative estimate of drug-likeness (QED) is 0.763. The van der Waals surface area contributed by atoms with Crippen molar-refractivity contribution in [3.63, 3.8) is 0 Å². The van der Waals surface area contributed by atoms with Crippen molar-refractivity contribution in [3.8, 4) is 0 Å². The number of aliphatic imine (C=N–C) groups is 1. The Bertz CT molecular complexity index is 576. The Morgan fingerprint density at radius 2 is 1.96 bits per heavy atom. The zero-order valence-corrected chi connectivity index (χ0v) is 16.0. The first-order valence-corrected chi connectivity index (χ1v) is 10.3. The molecule has 2 saturated heterocycles. The van der Waals surface area contributed by atoms with Crippen LogP contribution in [0.5, 0.6) is 0 Å².